The van der Waals surface area contributed by atoms with E-state index in [0.717, 1.165) is 43.8 Å². The summed E-state index contributed by atoms with van der Waals surface area (Å²) < 4.78 is 11.5. The predicted octanol–water partition coefficient (Wildman–Crippen LogP) is 2.97. The molecule has 0 N–H and O–H groups in total. The lowest BCUT2D eigenvalue weighted by Gasteiger charge is -2.28. The van der Waals surface area contributed by atoms with E-state index in [4.69, 9.17) is 9.15 Å². The molecule has 1 aromatic heterocycles. The summed E-state index contributed by atoms with van der Waals surface area (Å²) in [4.78, 5) is 14.9. The summed E-state index contributed by atoms with van der Waals surface area (Å²) in [5.74, 6) is 0.746. The van der Waals surface area contributed by atoms with Crippen molar-refractivity contribution in [2.75, 3.05) is 31.2 Å². The number of hydrogen-bond donors (Lipinski definition) is 0. The van der Waals surface area contributed by atoms with E-state index in [-0.39, 0.29) is 5.43 Å². The Morgan fingerprint density at radius 2 is 1.95 bits per heavy atom. The minimum absolute atomic E-state index is 0.117. The van der Waals surface area contributed by atoms with Gasteiger partial charge in [0, 0.05) is 13.1 Å². The first-order valence-corrected chi connectivity index (χ1v) is 7.68. The van der Waals surface area contributed by atoms with Gasteiger partial charge in [-0.05, 0) is 25.0 Å². The van der Waals surface area contributed by atoms with E-state index in [9.17, 15) is 4.79 Å². The quantitative estimate of drug-likeness (QED) is 0.867. The van der Waals surface area contributed by atoms with Crippen molar-refractivity contribution in [3.05, 3.63) is 40.1 Å². The second kappa shape index (κ2) is 6.31. The number of fused-ring (bicyclic) bond motifs is 1. The molecule has 4 heteroatoms. The van der Waals surface area contributed by atoms with Gasteiger partial charge < -0.3 is 14.1 Å². The van der Waals surface area contributed by atoms with Crippen molar-refractivity contribution in [1.82, 2.24) is 0 Å². The van der Waals surface area contributed by atoms with Crippen molar-refractivity contribution in [3.8, 4) is 0 Å². The summed E-state index contributed by atoms with van der Waals surface area (Å²) in [7, 11) is 0. The summed E-state index contributed by atoms with van der Waals surface area (Å²) in [5, 5.41) is 0.681. The molecule has 0 spiro atoms. The van der Waals surface area contributed by atoms with E-state index >= 15 is 0 Å². The molecule has 4 nitrogen and oxygen atoms in total. The number of hydrogen-bond acceptors (Lipinski definition) is 4. The SMILES string of the molecule is CCCCc1c(N2CCOCC2)oc2ccccc2c1=O. The van der Waals surface area contributed by atoms with Crippen LogP contribution in [-0.4, -0.2) is 26.3 Å². The number of benzene rings is 1. The molecule has 1 aliphatic rings. The van der Waals surface area contributed by atoms with Gasteiger partial charge in [0.25, 0.3) is 0 Å². The van der Waals surface area contributed by atoms with Gasteiger partial charge in [0.05, 0.1) is 24.2 Å². The fourth-order valence-electron chi connectivity index (χ4n) is 2.76. The van der Waals surface area contributed by atoms with Crippen molar-refractivity contribution in [1.29, 1.82) is 0 Å². The summed E-state index contributed by atoms with van der Waals surface area (Å²) in [6.07, 6.45) is 2.84. The molecule has 2 aromatic rings. The fraction of sp³-hybridized carbons (Fsp3) is 0.471. The number of anilines is 1. The topological polar surface area (TPSA) is 42.7 Å². The molecule has 0 unspecified atom stereocenters. The maximum atomic E-state index is 12.8. The van der Waals surface area contributed by atoms with Crippen LogP contribution in [0, 0.1) is 0 Å². The van der Waals surface area contributed by atoms with E-state index in [1.807, 2.05) is 24.3 Å². The highest BCUT2D eigenvalue weighted by Gasteiger charge is 2.21. The Kier molecular flexibility index (Phi) is 4.25. The van der Waals surface area contributed by atoms with E-state index < -0.39 is 0 Å². The normalized spacial score (nSPS) is 15.6. The number of unbranched alkanes of at least 4 members (excludes halogenated alkanes) is 1. The van der Waals surface area contributed by atoms with E-state index in [2.05, 4.69) is 11.8 Å². The Balaban J connectivity index is 2.12. The van der Waals surface area contributed by atoms with Crippen LogP contribution in [-0.2, 0) is 11.2 Å². The average molecular weight is 287 g/mol. The third-order valence-electron chi connectivity index (χ3n) is 3.95. The molecule has 1 aromatic carbocycles. The van der Waals surface area contributed by atoms with Gasteiger partial charge in [-0.15, -0.1) is 0 Å². The molecular formula is C17H21NO3. The highest BCUT2D eigenvalue weighted by molar-refractivity contribution is 5.79. The third-order valence-corrected chi connectivity index (χ3v) is 3.95. The van der Waals surface area contributed by atoms with Crippen LogP contribution in [0.2, 0.25) is 0 Å². The van der Waals surface area contributed by atoms with Gasteiger partial charge in [-0.2, -0.15) is 0 Å². The molecule has 112 valence electrons. The van der Waals surface area contributed by atoms with Gasteiger partial charge >= 0.3 is 0 Å². The summed E-state index contributed by atoms with van der Waals surface area (Å²) in [6.45, 7) is 5.06. The maximum absolute atomic E-state index is 12.8. The van der Waals surface area contributed by atoms with Gasteiger partial charge in [0.1, 0.15) is 5.58 Å². The van der Waals surface area contributed by atoms with Crippen molar-refractivity contribution in [2.45, 2.75) is 26.2 Å². The van der Waals surface area contributed by atoms with Crippen LogP contribution < -0.4 is 10.3 Å². The Morgan fingerprint density at radius 3 is 2.71 bits per heavy atom. The van der Waals surface area contributed by atoms with Crippen molar-refractivity contribution in [2.24, 2.45) is 0 Å². The molecule has 1 aliphatic heterocycles. The van der Waals surface area contributed by atoms with Crippen LogP contribution in [0.4, 0.5) is 5.88 Å². The average Bonchev–Trinajstić information content (AvgIpc) is 2.55. The minimum Gasteiger partial charge on any atom is -0.440 e. The zero-order valence-electron chi connectivity index (χ0n) is 12.4. The number of rotatable bonds is 4. The zero-order chi connectivity index (χ0) is 14.7. The third kappa shape index (κ3) is 2.81. The monoisotopic (exact) mass is 287 g/mol. The Hall–Kier alpha value is -1.81. The van der Waals surface area contributed by atoms with Crippen LogP contribution >= 0.6 is 0 Å². The molecule has 1 fully saturated rings. The molecule has 0 atom stereocenters. The van der Waals surface area contributed by atoms with Gasteiger partial charge in [0.2, 0.25) is 5.88 Å². The molecule has 0 aliphatic carbocycles. The van der Waals surface area contributed by atoms with Crippen molar-refractivity contribution < 1.29 is 9.15 Å². The lowest BCUT2D eigenvalue weighted by molar-refractivity contribution is 0.120. The van der Waals surface area contributed by atoms with Gasteiger partial charge in [-0.25, -0.2) is 0 Å². The number of ether oxygens (including phenoxy) is 1. The molecule has 0 amide bonds. The van der Waals surface area contributed by atoms with Crippen LogP contribution in [0.1, 0.15) is 25.3 Å². The molecule has 2 heterocycles. The maximum Gasteiger partial charge on any atom is 0.203 e. The minimum atomic E-state index is 0.117. The molecular weight excluding hydrogens is 266 g/mol. The largest absolute Gasteiger partial charge is 0.440 e. The highest BCUT2D eigenvalue weighted by atomic mass is 16.5. The standard InChI is InChI=1S/C17H21NO3/c1-2-3-6-14-16(19)13-7-4-5-8-15(13)21-17(14)18-9-11-20-12-10-18/h4-5,7-8H,2-3,6,9-12H2,1H3. The summed E-state index contributed by atoms with van der Waals surface area (Å²) >= 11 is 0. The second-order valence-corrected chi connectivity index (χ2v) is 5.41. The first-order valence-electron chi connectivity index (χ1n) is 7.68. The molecule has 1 saturated heterocycles. The van der Waals surface area contributed by atoms with E-state index in [1.165, 1.54) is 0 Å². The molecule has 0 saturated carbocycles. The first-order chi connectivity index (χ1) is 10.3. The Labute approximate surface area is 124 Å². The van der Waals surface area contributed by atoms with E-state index in [0.29, 0.717) is 24.2 Å². The van der Waals surface area contributed by atoms with Crippen LogP contribution in [0.3, 0.4) is 0 Å². The predicted molar refractivity (Wildman–Crippen MR) is 84.1 cm³/mol. The smallest absolute Gasteiger partial charge is 0.203 e. The number of morpholine rings is 1. The van der Waals surface area contributed by atoms with Crippen molar-refractivity contribution >= 4 is 16.9 Å². The lowest BCUT2D eigenvalue weighted by atomic mass is 10.1. The highest BCUT2D eigenvalue weighted by Crippen LogP contribution is 2.25. The zero-order valence-corrected chi connectivity index (χ0v) is 12.4. The summed E-state index contributed by atoms with van der Waals surface area (Å²) in [5.41, 5.74) is 1.61. The van der Waals surface area contributed by atoms with Crippen LogP contribution in [0.15, 0.2) is 33.5 Å². The second-order valence-electron chi connectivity index (χ2n) is 5.41. The fourth-order valence-corrected chi connectivity index (χ4v) is 2.76. The summed E-state index contributed by atoms with van der Waals surface area (Å²) in [6, 6.07) is 7.50. The molecule has 3 rings (SSSR count). The Bertz CT molecular complexity index is 671. The molecule has 0 radical (unpaired) electrons. The first kappa shape index (κ1) is 14.1. The van der Waals surface area contributed by atoms with Gasteiger partial charge in [-0.3, -0.25) is 4.79 Å². The van der Waals surface area contributed by atoms with Gasteiger partial charge in [0.15, 0.2) is 5.43 Å². The number of para-hydroxylation sites is 1. The molecule has 0 bridgehead atoms. The van der Waals surface area contributed by atoms with Crippen molar-refractivity contribution in [3.63, 3.8) is 0 Å². The van der Waals surface area contributed by atoms with E-state index in [1.54, 1.807) is 0 Å². The van der Waals surface area contributed by atoms with Crippen LogP contribution in [0.25, 0.3) is 11.0 Å². The van der Waals surface area contributed by atoms with Gasteiger partial charge in [-0.1, -0.05) is 25.5 Å². The number of nitrogens with zero attached hydrogens (tertiary/aromatic N) is 1. The molecule has 21 heavy (non-hydrogen) atoms. The van der Waals surface area contributed by atoms with Crippen LogP contribution in [0.5, 0.6) is 0 Å². The lowest BCUT2D eigenvalue weighted by Crippen LogP contribution is -2.37. The Morgan fingerprint density at radius 1 is 1.19 bits per heavy atom.